The number of aliphatic hydroxyl groups is 5. The van der Waals surface area contributed by atoms with Gasteiger partial charge in [-0.25, -0.2) is 13.9 Å². The summed E-state index contributed by atoms with van der Waals surface area (Å²) in [5.74, 6) is -5.89. The second-order valence-electron chi connectivity index (χ2n) is 22.7. The van der Waals surface area contributed by atoms with Gasteiger partial charge in [-0.05, 0) is 86.1 Å². The molecular formula is C53H83FN6O16. The number of carbonyl (C=O) groups excluding carboxylic acids is 3. The van der Waals surface area contributed by atoms with Gasteiger partial charge in [-0.2, -0.15) is 0 Å². The Bertz CT molecular complexity index is 2300. The third-order valence-electron chi connectivity index (χ3n) is 16.6. The van der Waals surface area contributed by atoms with Gasteiger partial charge in [0, 0.05) is 63.2 Å². The summed E-state index contributed by atoms with van der Waals surface area (Å²) in [4.78, 5) is 46.7. The highest BCUT2D eigenvalue weighted by Gasteiger charge is 2.54. The first-order chi connectivity index (χ1) is 35.7. The fraction of sp³-hybridized carbons (Fsp3) is 0.792. The lowest BCUT2D eigenvalue weighted by atomic mass is 9.74. The topological polar surface area (TPSA) is 267 Å². The molecule has 0 aliphatic carbocycles. The van der Waals surface area contributed by atoms with Gasteiger partial charge in [0.2, 0.25) is 0 Å². The average molecular weight is 1080 g/mol. The quantitative estimate of drug-likeness (QED) is 0.181. The number of amides is 1. The monoisotopic (exact) mass is 1080 g/mol. The Morgan fingerprint density at radius 1 is 0.921 bits per heavy atom. The van der Waals surface area contributed by atoms with Crippen molar-refractivity contribution in [2.45, 2.75) is 198 Å². The largest absolute Gasteiger partial charge is 0.459 e. The zero-order valence-electron chi connectivity index (χ0n) is 46.1. The van der Waals surface area contributed by atoms with Crippen molar-refractivity contribution in [3.05, 3.63) is 35.9 Å². The van der Waals surface area contributed by atoms with Gasteiger partial charge in [-0.15, -0.1) is 5.10 Å². The lowest BCUT2D eigenvalue weighted by molar-refractivity contribution is -0.318. The van der Waals surface area contributed by atoms with Crippen LogP contribution in [0.1, 0.15) is 101 Å². The van der Waals surface area contributed by atoms with E-state index in [9.17, 15) is 39.9 Å². The number of likely N-dealkylation sites (N-methyl/N-ethyl adjacent to an activating group) is 1. The minimum absolute atomic E-state index is 0.0355. The van der Waals surface area contributed by atoms with Crippen LogP contribution in [0, 0.1) is 29.5 Å². The molecule has 19 atom stereocenters. The molecule has 0 bridgehead atoms. The highest BCUT2D eigenvalue weighted by atomic mass is 19.1. The number of ether oxygens (including phenoxy) is 8. The SMILES string of the molecule is CC[C@H]1OC(=O)[C@H](C)[C@@H](O[C@H]2C[C@@](C)(OC)[C@@H](O)[C@H](C)O2)[C@H](C)[C@@H](O[C@@H]2O[C@H](C)C[C@H](N(C)Cc3cn(C[C@H]4CN(c5ccc(N6CCOCC6)c(F)c5)C(=O)O4)nn3)[C@H]2O)[C@](C)(O)C[C@@H](C)C(=O)[C@H](C)[C@@H](O)[C@]1(C)O. The second-order valence-corrected chi connectivity index (χ2v) is 22.7. The Hall–Kier alpha value is -3.98. The normalized spacial score (nSPS) is 40.5. The van der Waals surface area contributed by atoms with Gasteiger partial charge in [0.15, 0.2) is 12.6 Å². The molecule has 5 saturated heterocycles. The third kappa shape index (κ3) is 12.9. The van der Waals surface area contributed by atoms with Gasteiger partial charge in [-0.3, -0.25) is 19.4 Å². The summed E-state index contributed by atoms with van der Waals surface area (Å²) in [5, 5.41) is 68.0. The Balaban J connectivity index is 1.10. The van der Waals surface area contributed by atoms with Crippen molar-refractivity contribution in [2.24, 2.45) is 23.7 Å². The number of hydrogen-bond acceptors (Lipinski definition) is 20. The van der Waals surface area contributed by atoms with Crippen LogP contribution in [0.15, 0.2) is 24.4 Å². The van der Waals surface area contributed by atoms with E-state index in [2.05, 4.69) is 10.3 Å². The van der Waals surface area contributed by atoms with Crippen molar-refractivity contribution < 1.29 is 82.2 Å². The Labute approximate surface area is 444 Å². The lowest BCUT2D eigenvalue weighted by Gasteiger charge is -2.49. The molecule has 0 radical (unpaired) electrons. The number of anilines is 2. The minimum atomic E-state index is -2.06. The molecule has 6 heterocycles. The Morgan fingerprint density at radius 3 is 2.28 bits per heavy atom. The van der Waals surface area contributed by atoms with Crippen LogP contribution in [0.4, 0.5) is 20.6 Å². The number of halogens is 1. The summed E-state index contributed by atoms with van der Waals surface area (Å²) in [6, 6.07) is 4.09. The molecule has 5 fully saturated rings. The molecule has 0 spiro atoms. The van der Waals surface area contributed by atoms with Crippen molar-refractivity contribution in [1.82, 2.24) is 19.9 Å². The van der Waals surface area contributed by atoms with Crippen LogP contribution in [0.3, 0.4) is 0 Å². The molecule has 1 amide bonds. The van der Waals surface area contributed by atoms with Crippen LogP contribution >= 0.6 is 0 Å². The van der Waals surface area contributed by atoms with Crippen molar-refractivity contribution in [1.29, 1.82) is 0 Å². The molecule has 1 aromatic carbocycles. The molecule has 22 nitrogen and oxygen atoms in total. The Morgan fingerprint density at radius 2 is 1.62 bits per heavy atom. The van der Waals surface area contributed by atoms with Crippen molar-refractivity contribution in [3.63, 3.8) is 0 Å². The number of rotatable bonds is 13. The number of methoxy groups -OCH3 is 1. The minimum Gasteiger partial charge on any atom is -0.459 e. The summed E-state index contributed by atoms with van der Waals surface area (Å²) in [7, 11) is 3.27. The number of hydrogen-bond donors (Lipinski definition) is 5. The zero-order chi connectivity index (χ0) is 55.8. The maximum Gasteiger partial charge on any atom is 0.414 e. The predicted molar refractivity (Wildman–Crippen MR) is 271 cm³/mol. The van der Waals surface area contributed by atoms with E-state index >= 15 is 4.39 Å². The number of nitrogens with zero attached hydrogens (tertiary/aromatic N) is 6. The molecule has 23 heteroatoms. The van der Waals surface area contributed by atoms with Gasteiger partial charge < -0.3 is 68.3 Å². The van der Waals surface area contributed by atoms with E-state index in [4.69, 9.17) is 37.9 Å². The fourth-order valence-corrected chi connectivity index (χ4v) is 12.0. The first-order valence-electron chi connectivity index (χ1n) is 26.8. The molecule has 5 N–H and O–H groups in total. The smallest absolute Gasteiger partial charge is 0.414 e. The number of aliphatic hydroxyl groups excluding tert-OH is 3. The van der Waals surface area contributed by atoms with Gasteiger partial charge >= 0.3 is 12.1 Å². The van der Waals surface area contributed by atoms with E-state index in [1.54, 1.807) is 71.6 Å². The molecular weight excluding hydrogens is 996 g/mol. The molecule has 0 saturated carbocycles. The van der Waals surface area contributed by atoms with Crippen LogP contribution in [0.5, 0.6) is 0 Å². The van der Waals surface area contributed by atoms with Crippen molar-refractivity contribution >= 4 is 29.2 Å². The molecule has 7 rings (SSSR count). The molecule has 2 aromatic rings. The van der Waals surface area contributed by atoms with Crippen LogP contribution in [-0.4, -0.2) is 201 Å². The average Bonchev–Trinajstić information content (AvgIpc) is 3.98. The van der Waals surface area contributed by atoms with E-state index in [0.717, 1.165) is 0 Å². The standard InChI is InChI=1S/C53H83FN6O16/c1-13-40-53(10,68)45(63)30(4)42(61)28(2)22-51(8,67)47(31(5)44(32(6)48(65)74-40)75-41-23-52(9,69-12)46(64)33(7)72-41)76-49-43(62)39(20-29(3)71-49)57(11)24-34-25-59(56-55-34)26-36-27-60(50(66)73-36)35-14-15-38(37(54)21-35)58-16-18-70-19-17-58/h14-15,21,25,28-33,36,39-41,43-47,49,62-64,67-68H,13,16-20,22-24,26-27H2,1-12H3/t28-,29-,30+,31+,32-,33+,36+,39+,40-,41+,43-,44+,45-,46+,47-,49+,51-,52-,53-/m1/s1. The second kappa shape index (κ2) is 24.2. The summed E-state index contributed by atoms with van der Waals surface area (Å²) < 4.78 is 65.7. The van der Waals surface area contributed by atoms with Gasteiger partial charge in [-0.1, -0.05) is 32.9 Å². The molecule has 76 heavy (non-hydrogen) atoms. The summed E-state index contributed by atoms with van der Waals surface area (Å²) in [6.07, 6.45) is -10.7. The number of ketones is 1. The molecule has 428 valence electrons. The number of carbonyl (C=O) groups is 3. The Kier molecular flexibility index (Phi) is 19.0. The predicted octanol–water partition coefficient (Wildman–Crippen LogP) is 2.95. The fourth-order valence-electron chi connectivity index (χ4n) is 12.0. The first-order valence-corrected chi connectivity index (χ1v) is 26.8. The lowest BCUT2D eigenvalue weighted by Crippen LogP contribution is -2.61. The number of morpholine rings is 1. The molecule has 5 aliphatic rings. The molecule has 0 unspecified atom stereocenters. The van der Waals surface area contributed by atoms with E-state index in [1.807, 2.05) is 16.7 Å². The van der Waals surface area contributed by atoms with Crippen molar-refractivity contribution in [3.8, 4) is 0 Å². The summed E-state index contributed by atoms with van der Waals surface area (Å²) >= 11 is 0. The number of benzene rings is 1. The summed E-state index contributed by atoms with van der Waals surface area (Å²) in [6.45, 7) is 18.8. The third-order valence-corrected chi connectivity index (χ3v) is 16.6. The van der Waals surface area contributed by atoms with Crippen LogP contribution in [0.25, 0.3) is 0 Å². The van der Waals surface area contributed by atoms with E-state index in [-0.39, 0.29) is 38.9 Å². The van der Waals surface area contributed by atoms with Crippen LogP contribution in [-0.2, 0) is 60.6 Å². The van der Waals surface area contributed by atoms with Gasteiger partial charge in [0.05, 0.1) is 91.0 Å². The van der Waals surface area contributed by atoms with E-state index < -0.39 is 138 Å². The highest BCUT2D eigenvalue weighted by molar-refractivity contribution is 5.90. The number of Topliss-reactive ketones (excluding diaryl/α,β-unsaturated/α-hetero) is 1. The maximum atomic E-state index is 15.3. The van der Waals surface area contributed by atoms with E-state index in [0.29, 0.717) is 49.8 Å². The molecule has 1 aromatic heterocycles. The van der Waals surface area contributed by atoms with Crippen LogP contribution in [0.2, 0.25) is 0 Å². The zero-order valence-corrected chi connectivity index (χ0v) is 46.1. The number of esters is 1. The van der Waals surface area contributed by atoms with Crippen molar-refractivity contribution in [2.75, 3.05) is 56.8 Å². The number of cyclic esters (lactones) is 2. The highest BCUT2D eigenvalue weighted by Crippen LogP contribution is 2.41. The van der Waals surface area contributed by atoms with Gasteiger partial charge in [0.25, 0.3) is 0 Å². The van der Waals surface area contributed by atoms with Crippen LogP contribution < -0.4 is 9.80 Å². The van der Waals surface area contributed by atoms with Gasteiger partial charge in [0.1, 0.15) is 41.6 Å². The summed E-state index contributed by atoms with van der Waals surface area (Å²) in [5.41, 5.74) is -3.74. The number of aromatic nitrogens is 3. The van der Waals surface area contributed by atoms with E-state index in [1.165, 1.54) is 38.8 Å². The first kappa shape index (κ1) is 59.7. The molecule has 5 aliphatic heterocycles. The maximum absolute atomic E-state index is 15.3.